The number of aromatic nitrogens is 2. The molecule has 1 unspecified atom stereocenters. The number of halogens is 2. The van der Waals surface area contributed by atoms with Gasteiger partial charge in [0.2, 0.25) is 5.95 Å². The van der Waals surface area contributed by atoms with Crippen molar-refractivity contribution in [2.75, 3.05) is 76.2 Å². The van der Waals surface area contributed by atoms with Crippen LogP contribution in [0.2, 0.25) is 10.0 Å². The second kappa shape index (κ2) is 14.8. The van der Waals surface area contributed by atoms with Gasteiger partial charge in [0.15, 0.2) is 0 Å². The van der Waals surface area contributed by atoms with Crippen LogP contribution in [-0.4, -0.2) is 96.8 Å². The van der Waals surface area contributed by atoms with Crippen molar-refractivity contribution in [3.8, 4) is 12.1 Å². The van der Waals surface area contributed by atoms with Gasteiger partial charge in [0.05, 0.1) is 48.4 Å². The maximum Gasteiger partial charge on any atom is 0.227 e. The van der Waals surface area contributed by atoms with Crippen LogP contribution in [0.5, 0.6) is 0 Å². The molecule has 2 aromatic rings. The summed E-state index contributed by atoms with van der Waals surface area (Å²) < 4.78 is 6.00. The Labute approximate surface area is 269 Å². The molecule has 2 saturated heterocycles. The lowest BCUT2D eigenvalue weighted by atomic mass is 10.0. The molecule has 0 amide bonds. The summed E-state index contributed by atoms with van der Waals surface area (Å²) in [4.78, 5) is 19.3. The molecular weight excluding hydrogens is 605 g/mol. The molecule has 1 N–H and O–H groups in total. The van der Waals surface area contributed by atoms with Crippen LogP contribution in [-0.2, 0) is 24.2 Å². The third-order valence-corrected chi connectivity index (χ3v) is 9.36. The first kappa shape index (κ1) is 31.6. The Bertz CT molecular complexity index is 1400. The van der Waals surface area contributed by atoms with Gasteiger partial charge in [-0.25, -0.2) is 4.98 Å². The topological polar surface area (TPSA) is 108 Å². The van der Waals surface area contributed by atoms with E-state index in [4.69, 9.17) is 50.5 Å². The summed E-state index contributed by atoms with van der Waals surface area (Å²) in [5, 5.41) is 23.9. The van der Waals surface area contributed by atoms with Crippen LogP contribution >= 0.6 is 35.8 Å². The number of nitriles is 2. The van der Waals surface area contributed by atoms with Gasteiger partial charge in [-0.2, -0.15) is 15.5 Å². The SMILES string of the molecule is CN1CCOC(CN2CCN(c3nc4c(c(NCc5ccc(Cl)cc5Cl)n3)CN(C(S)=C(CC#N)CC#N)CC4)CC2)C1. The Morgan fingerprint density at radius 2 is 1.86 bits per heavy atom. The van der Waals surface area contributed by atoms with Gasteiger partial charge in [0.1, 0.15) is 5.82 Å². The molecule has 0 radical (unpaired) electrons. The number of benzene rings is 1. The predicted molar refractivity (Wildman–Crippen MR) is 172 cm³/mol. The van der Waals surface area contributed by atoms with Gasteiger partial charge in [-0.15, -0.1) is 12.6 Å². The second-order valence-electron chi connectivity index (χ2n) is 11.2. The van der Waals surface area contributed by atoms with Crippen molar-refractivity contribution in [2.45, 2.75) is 38.5 Å². The lowest BCUT2D eigenvalue weighted by molar-refractivity contribution is -0.0361. The molecule has 3 aliphatic rings. The van der Waals surface area contributed by atoms with Gasteiger partial charge in [0, 0.05) is 87.5 Å². The fourth-order valence-corrected chi connectivity index (χ4v) is 6.55. The summed E-state index contributed by atoms with van der Waals surface area (Å²) in [7, 11) is 2.15. The highest BCUT2D eigenvalue weighted by atomic mass is 35.5. The molecule has 43 heavy (non-hydrogen) atoms. The summed E-state index contributed by atoms with van der Waals surface area (Å²) in [5.41, 5.74) is 3.62. The highest BCUT2D eigenvalue weighted by Crippen LogP contribution is 2.32. The summed E-state index contributed by atoms with van der Waals surface area (Å²) >= 11 is 17.4. The molecule has 5 rings (SSSR count). The minimum atomic E-state index is 0.168. The van der Waals surface area contributed by atoms with E-state index in [9.17, 15) is 10.5 Å². The highest BCUT2D eigenvalue weighted by Gasteiger charge is 2.28. The molecule has 1 atom stereocenters. The lowest BCUT2D eigenvalue weighted by Gasteiger charge is -2.39. The Kier molecular flexibility index (Phi) is 10.9. The zero-order chi connectivity index (χ0) is 30.3. The number of morpholine rings is 1. The Balaban J connectivity index is 1.36. The molecule has 4 heterocycles. The van der Waals surface area contributed by atoms with Crippen LogP contribution in [0.25, 0.3) is 0 Å². The highest BCUT2D eigenvalue weighted by molar-refractivity contribution is 7.84. The Hall–Kier alpha value is -2.77. The number of likely N-dealkylation sites (N-methyl/N-ethyl adjacent to an activating group) is 1. The van der Waals surface area contributed by atoms with E-state index >= 15 is 0 Å². The van der Waals surface area contributed by atoms with Crippen molar-refractivity contribution in [3.63, 3.8) is 0 Å². The van der Waals surface area contributed by atoms with E-state index in [-0.39, 0.29) is 18.9 Å². The fourth-order valence-electron chi connectivity index (χ4n) is 5.74. The maximum atomic E-state index is 9.28. The van der Waals surface area contributed by atoms with E-state index in [1.165, 1.54) is 0 Å². The van der Waals surface area contributed by atoms with E-state index in [0.717, 1.165) is 86.6 Å². The van der Waals surface area contributed by atoms with Crippen molar-refractivity contribution in [3.05, 3.63) is 55.7 Å². The number of piperazine rings is 1. The molecule has 13 heteroatoms. The molecule has 10 nitrogen and oxygen atoms in total. The maximum absolute atomic E-state index is 9.28. The number of thiol groups is 1. The molecule has 0 spiro atoms. The normalized spacial score (nSPS) is 19.3. The molecule has 0 saturated carbocycles. The van der Waals surface area contributed by atoms with Crippen molar-refractivity contribution >= 4 is 47.6 Å². The molecular formula is C30H37Cl2N9OS. The molecule has 228 valence electrons. The zero-order valence-electron chi connectivity index (χ0n) is 24.4. The smallest absolute Gasteiger partial charge is 0.227 e. The van der Waals surface area contributed by atoms with E-state index < -0.39 is 0 Å². The van der Waals surface area contributed by atoms with E-state index in [1.54, 1.807) is 6.07 Å². The average molecular weight is 643 g/mol. The summed E-state index contributed by atoms with van der Waals surface area (Å²) in [6.07, 6.45) is 1.28. The van der Waals surface area contributed by atoms with Crippen LogP contribution in [0, 0.1) is 22.7 Å². The van der Waals surface area contributed by atoms with Gasteiger partial charge < -0.3 is 24.8 Å². The average Bonchev–Trinajstić information content (AvgIpc) is 3.00. The van der Waals surface area contributed by atoms with Crippen LogP contribution < -0.4 is 10.2 Å². The summed E-state index contributed by atoms with van der Waals surface area (Å²) in [6, 6.07) is 9.80. The minimum absolute atomic E-state index is 0.168. The number of anilines is 2. The Morgan fingerprint density at radius 3 is 2.56 bits per heavy atom. The summed E-state index contributed by atoms with van der Waals surface area (Å²) in [6.45, 7) is 8.90. The summed E-state index contributed by atoms with van der Waals surface area (Å²) in [5.74, 6) is 1.47. The van der Waals surface area contributed by atoms with Gasteiger partial charge >= 0.3 is 0 Å². The minimum Gasteiger partial charge on any atom is -0.374 e. The van der Waals surface area contributed by atoms with E-state index in [1.807, 2.05) is 12.1 Å². The third kappa shape index (κ3) is 8.04. The van der Waals surface area contributed by atoms with Gasteiger partial charge in [-0.05, 0) is 30.3 Å². The number of hydrogen-bond donors (Lipinski definition) is 2. The number of allylic oxidation sites excluding steroid dienone is 1. The van der Waals surface area contributed by atoms with Crippen molar-refractivity contribution in [1.29, 1.82) is 10.5 Å². The lowest BCUT2D eigenvalue weighted by Crippen LogP contribution is -2.52. The van der Waals surface area contributed by atoms with Crippen LogP contribution in [0.15, 0.2) is 28.8 Å². The largest absolute Gasteiger partial charge is 0.374 e. The van der Waals surface area contributed by atoms with Gasteiger partial charge in [-0.3, -0.25) is 4.90 Å². The first-order chi connectivity index (χ1) is 20.8. The molecule has 2 fully saturated rings. The molecule has 3 aliphatic heterocycles. The predicted octanol–water partition coefficient (Wildman–Crippen LogP) is 4.17. The molecule has 1 aromatic carbocycles. The van der Waals surface area contributed by atoms with Crippen LogP contribution in [0.3, 0.4) is 0 Å². The number of nitrogens with one attached hydrogen (secondary N) is 1. The number of rotatable bonds is 9. The van der Waals surface area contributed by atoms with Gasteiger partial charge in [0.25, 0.3) is 0 Å². The number of hydrogen-bond acceptors (Lipinski definition) is 11. The number of fused-ring (bicyclic) bond motifs is 1. The second-order valence-corrected chi connectivity index (χ2v) is 12.5. The van der Waals surface area contributed by atoms with Crippen molar-refractivity contribution in [2.24, 2.45) is 0 Å². The van der Waals surface area contributed by atoms with E-state index in [2.05, 4.69) is 44.1 Å². The zero-order valence-corrected chi connectivity index (χ0v) is 26.8. The van der Waals surface area contributed by atoms with Crippen LogP contribution in [0.4, 0.5) is 11.8 Å². The Morgan fingerprint density at radius 1 is 1.09 bits per heavy atom. The van der Waals surface area contributed by atoms with Crippen molar-refractivity contribution < 1.29 is 4.74 Å². The van der Waals surface area contributed by atoms with Crippen molar-refractivity contribution in [1.82, 2.24) is 24.7 Å². The van der Waals surface area contributed by atoms with Gasteiger partial charge in [-0.1, -0.05) is 29.3 Å². The molecule has 0 aliphatic carbocycles. The number of ether oxygens (including phenoxy) is 1. The molecule has 0 bridgehead atoms. The monoisotopic (exact) mass is 641 g/mol. The number of nitrogens with zero attached hydrogens (tertiary/aromatic N) is 8. The first-order valence-electron chi connectivity index (χ1n) is 14.6. The fraction of sp³-hybridized carbons (Fsp3) is 0.533. The standard InChI is InChI=1S/C30H37Cl2N9OS/c1-38-14-15-42-24(18-38)19-39-10-12-40(13-11-39)30-36-27-6-9-41(29(43)21(4-7-33)5-8-34)20-25(27)28(37-30)35-17-22-2-3-23(31)16-26(22)32/h2-3,16,24,43H,4-6,9-15,17-20H2,1H3,(H,35,36,37). The van der Waals surface area contributed by atoms with Crippen LogP contribution in [0.1, 0.15) is 29.7 Å². The van der Waals surface area contributed by atoms with E-state index in [0.29, 0.717) is 41.1 Å². The quantitative estimate of drug-likeness (QED) is 0.387. The third-order valence-electron chi connectivity index (χ3n) is 8.17. The first-order valence-corrected chi connectivity index (χ1v) is 15.8. The molecule has 1 aromatic heterocycles.